The molecule has 0 fully saturated rings. The Bertz CT molecular complexity index is 1180. The van der Waals surface area contributed by atoms with Crippen LogP contribution in [0.2, 0.25) is 0 Å². The van der Waals surface area contributed by atoms with Gasteiger partial charge in [0.15, 0.2) is 0 Å². The van der Waals surface area contributed by atoms with Gasteiger partial charge < -0.3 is 9.09 Å². The highest BCUT2D eigenvalue weighted by molar-refractivity contribution is 5.76. The van der Waals surface area contributed by atoms with Crippen molar-refractivity contribution in [2.45, 2.75) is 18.9 Å². The monoisotopic (exact) mass is 412 g/mol. The number of para-hydroxylation sites is 2. The topological polar surface area (TPSA) is 56.7 Å². The molecule has 2 aromatic heterocycles. The molecule has 11 heteroatoms. The lowest BCUT2D eigenvalue weighted by molar-refractivity contribution is -0.146. The predicted octanol–water partition coefficient (Wildman–Crippen LogP) is 5.17. The zero-order valence-corrected chi connectivity index (χ0v) is 14.3. The third-order valence-electron chi connectivity index (χ3n) is 4.12. The molecule has 29 heavy (non-hydrogen) atoms. The summed E-state index contributed by atoms with van der Waals surface area (Å²) in [5, 5.41) is 3.59. The van der Waals surface area contributed by atoms with E-state index in [0.29, 0.717) is 0 Å². The molecule has 4 aromatic rings. The van der Waals surface area contributed by atoms with Crippen molar-refractivity contribution in [1.29, 1.82) is 0 Å². The Morgan fingerprint density at radius 2 is 1.62 bits per heavy atom. The van der Waals surface area contributed by atoms with Gasteiger partial charge in [0.2, 0.25) is 17.5 Å². The summed E-state index contributed by atoms with van der Waals surface area (Å²) in [6.45, 7) is -0.443. The van der Waals surface area contributed by atoms with E-state index in [4.69, 9.17) is 4.52 Å². The first-order valence-electron chi connectivity index (χ1n) is 8.15. The molecule has 4 rings (SSSR count). The van der Waals surface area contributed by atoms with Crippen LogP contribution in [0.1, 0.15) is 17.3 Å². The lowest BCUT2D eigenvalue weighted by Gasteiger charge is -2.09. The van der Waals surface area contributed by atoms with Gasteiger partial charge in [-0.2, -0.15) is 31.3 Å². The lowest BCUT2D eigenvalue weighted by Crippen LogP contribution is -2.15. The van der Waals surface area contributed by atoms with Crippen molar-refractivity contribution < 1.29 is 30.9 Å². The summed E-state index contributed by atoms with van der Waals surface area (Å²) in [7, 11) is 0. The maximum atomic E-state index is 13.4. The van der Waals surface area contributed by atoms with Gasteiger partial charge >= 0.3 is 12.4 Å². The minimum absolute atomic E-state index is 0.0290. The molecule has 2 aromatic carbocycles. The molecule has 5 nitrogen and oxygen atoms in total. The number of hydrogen-bond donors (Lipinski definition) is 0. The van der Waals surface area contributed by atoms with Gasteiger partial charge in [-0.25, -0.2) is 4.98 Å². The minimum Gasteiger partial charge on any atom is -0.337 e. The molecule has 0 spiro atoms. The molecule has 0 amide bonds. The molecule has 0 saturated carbocycles. The smallest absolute Gasteiger partial charge is 0.337 e. The van der Waals surface area contributed by atoms with Crippen molar-refractivity contribution in [3.8, 4) is 11.4 Å². The van der Waals surface area contributed by atoms with Crippen molar-refractivity contribution >= 4 is 11.0 Å². The van der Waals surface area contributed by atoms with E-state index in [1.165, 1.54) is 24.3 Å². The Balaban J connectivity index is 1.71. The second-order valence-electron chi connectivity index (χ2n) is 6.10. The number of alkyl halides is 6. The fourth-order valence-corrected chi connectivity index (χ4v) is 2.86. The molecule has 150 valence electrons. The maximum absolute atomic E-state index is 13.4. The van der Waals surface area contributed by atoms with Gasteiger partial charge in [0.1, 0.15) is 6.54 Å². The summed E-state index contributed by atoms with van der Waals surface area (Å²) in [4.78, 5) is 7.55. The molecule has 0 aliphatic rings. The first-order chi connectivity index (χ1) is 13.6. The Kier molecular flexibility index (Phi) is 4.32. The van der Waals surface area contributed by atoms with Gasteiger partial charge in [0.05, 0.1) is 16.6 Å². The molecule has 0 aliphatic carbocycles. The average Bonchev–Trinajstić information content (AvgIpc) is 3.27. The summed E-state index contributed by atoms with van der Waals surface area (Å²) in [6.07, 6.45) is -9.27. The highest BCUT2D eigenvalue weighted by atomic mass is 19.4. The predicted molar refractivity (Wildman–Crippen MR) is 88.6 cm³/mol. The van der Waals surface area contributed by atoms with Crippen LogP contribution in [0.15, 0.2) is 53.1 Å². The number of nitrogens with zero attached hydrogens (tertiary/aromatic N) is 4. The van der Waals surface area contributed by atoms with Gasteiger partial charge in [-0.15, -0.1) is 0 Å². The Hall–Kier alpha value is -3.37. The van der Waals surface area contributed by atoms with Crippen LogP contribution in [0.4, 0.5) is 26.3 Å². The molecular weight excluding hydrogens is 402 g/mol. The van der Waals surface area contributed by atoms with E-state index in [9.17, 15) is 26.3 Å². The zero-order valence-electron chi connectivity index (χ0n) is 14.3. The number of imidazole rings is 1. The highest BCUT2D eigenvalue weighted by Crippen LogP contribution is 2.33. The second-order valence-corrected chi connectivity index (χ2v) is 6.10. The van der Waals surface area contributed by atoms with Crippen LogP contribution in [0.25, 0.3) is 22.4 Å². The van der Waals surface area contributed by atoms with E-state index >= 15 is 0 Å². The summed E-state index contributed by atoms with van der Waals surface area (Å²) in [5.41, 5.74) is -0.529. The van der Waals surface area contributed by atoms with Crippen LogP contribution in [-0.4, -0.2) is 19.7 Å². The second kappa shape index (κ2) is 6.61. The van der Waals surface area contributed by atoms with E-state index < -0.39 is 30.3 Å². The molecular formula is C18H10F6N4O. The number of fused-ring (bicyclic) bond motifs is 1. The van der Waals surface area contributed by atoms with Crippen LogP contribution in [0.5, 0.6) is 0 Å². The van der Waals surface area contributed by atoms with Crippen LogP contribution in [0.3, 0.4) is 0 Å². The largest absolute Gasteiger partial charge is 0.449 e. The average molecular weight is 412 g/mol. The molecule has 0 aliphatic heterocycles. The number of halogens is 6. The van der Waals surface area contributed by atoms with Crippen LogP contribution >= 0.6 is 0 Å². The molecule has 2 heterocycles. The van der Waals surface area contributed by atoms with Crippen molar-refractivity contribution in [3.63, 3.8) is 0 Å². The quantitative estimate of drug-likeness (QED) is 0.436. The SMILES string of the molecule is FC(F)(F)c1cccc(-c2noc(Cn3c(C(F)(F)F)nc4ccccc43)n2)c1. The Morgan fingerprint density at radius 1 is 0.862 bits per heavy atom. The van der Waals surface area contributed by atoms with Crippen molar-refractivity contribution in [1.82, 2.24) is 19.7 Å². The lowest BCUT2D eigenvalue weighted by atomic mass is 10.1. The molecule has 0 atom stereocenters. The van der Waals surface area contributed by atoms with E-state index in [1.807, 2.05) is 0 Å². The number of aromatic nitrogens is 4. The van der Waals surface area contributed by atoms with Crippen LogP contribution < -0.4 is 0 Å². The molecule has 0 N–H and O–H groups in total. The summed E-state index contributed by atoms with van der Waals surface area (Å²) < 4.78 is 84.5. The molecule has 0 bridgehead atoms. The van der Waals surface area contributed by atoms with Gasteiger partial charge in [-0.1, -0.05) is 29.4 Å². The maximum Gasteiger partial charge on any atom is 0.449 e. The minimum atomic E-state index is -4.72. The van der Waals surface area contributed by atoms with Gasteiger partial charge in [0.25, 0.3) is 0 Å². The zero-order chi connectivity index (χ0) is 20.8. The number of rotatable bonds is 3. The van der Waals surface area contributed by atoms with E-state index in [2.05, 4.69) is 15.1 Å². The van der Waals surface area contributed by atoms with E-state index in [1.54, 1.807) is 12.1 Å². The van der Waals surface area contributed by atoms with Gasteiger partial charge in [-0.05, 0) is 24.3 Å². The number of hydrogen-bond acceptors (Lipinski definition) is 4. The Labute approximate surface area is 158 Å². The fraction of sp³-hybridized carbons (Fsp3) is 0.167. The number of benzene rings is 2. The standard InChI is InChI=1S/C18H10F6N4O/c19-17(20,21)11-5-3-4-10(8-11)15-26-14(29-27-15)9-28-13-7-2-1-6-12(13)25-16(28)18(22,23)24/h1-8H,9H2. The molecule has 0 radical (unpaired) electrons. The van der Waals surface area contributed by atoms with Crippen LogP contribution in [-0.2, 0) is 18.9 Å². The van der Waals surface area contributed by atoms with Crippen molar-refractivity contribution in [3.05, 3.63) is 65.8 Å². The Morgan fingerprint density at radius 3 is 2.34 bits per heavy atom. The first kappa shape index (κ1) is 19.0. The summed E-state index contributed by atoms with van der Waals surface area (Å²) >= 11 is 0. The molecule has 0 unspecified atom stereocenters. The normalized spacial score (nSPS) is 12.6. The summed E-state index contributed by atoms with van der Waals surface area (Å²) in [5.74, 6) is -1.51. The van der Waals surface area contributed by atoms with Gasteiger partial charge in [-0.3, -0.25) is 0 Å². The van der Waals surface area contributed by atoms with E-state index in [0.717, 1.165) is 16.7 Å². The summed E-state index contributed by atoms with van der Waals surface area (Å²) in [6, 6.07) is 10.3. The first-order valence-corrected chi connectivity index (χ1v) is 8.15. The fourth-order valence-electron chi connectivity index (χ4n) is 2.86. The van der Waals surface area contributed by atoms with Crippen molar-refractivity contribution in [2.24, 2.45) is 0 Å². The third-order valence-corrected chi connectivity index (χ3v) is 4.12. The highest BCUT2D eigenvalue weighted by Gasteiger charge is 2.38. The third kappa shape index (κ3) is 3.67. The van der Waals surface area contributed by atoms with Crippen LogP contribution in [0, 0.1) is 0 Å². The van der Waals surface area contributed by atoms with E-state index in [-0.39, 0.29) is 28.3 Å². The molecule has 0 saturated heterocycles. The van der Waals surface area contributed by atoms with Crippen molar-refractivity contribution in [2.75, 3.05) is 0 Å². The van der Waals surface area contributed by atoms with Gasteiger partial charge in [0, 0.05) is 5.56 Å².